The number of amides is 1. The molecule has 0 radical (unpaired) electrons. The topological polar surface area (TPSA) is 150 Å². The van der Waals surface area contributed by atoms with E-state index in [1.807, 2.05) is 0 Å². The third kappa shape index (κ3) is 2.60. The Morgan fingerprint density at radius 3 is 2.95 bits per heavy atom. The maximum Gasteiger partial charge on any atom is 0.277 e. The Morgan fingerprint density at radius 1 is 1.58 bits per heavy atom. The summed E-state index contributed by atoms with van der Waals surface area (Å²) in [5.74, 6) is -0.676. The van der Waals surface area contributed by atoms with Gasteiger partial charge in [-0.2, -0.15) is 4.98 Å². The number of aliphatic hydroxyl groups excluding tert-OH is 1. The van der Waals surface area contributed by atoms with Gasteiger partial charge in [0.05, 0.1) is 19.2 Å². The number of aromatic amines is 1. The first-order valence-corrected chi connectivity index (χ1v) is 5.81. The summed E-state index contributed by atoms with van der Waals surface area (Å²) in [6, 6.07) is 0. The number of aromatic nitrogens is 2. The SMILES string of the molecule is NC(=O)C(CO)CCN1CNc2c1nc(N)[nH]c2=O. The molecule has 0 aliphatic carbocycles. The highest BCUT2D eigenvalue weighted by molar-refractivity contribution is 5.77. The summed E-state index contributed by atoms with van der Waals surface area (Å²) in [5, 5.41) is 11.9. The summed E-state index contributed by atoms with van der Waals surface area (Å²) in [5.41, 5.74) is 10.7. The van der Waals surface area contributed by atoms with Crippen molar-refractivity contribution in [3.63, 3.8) is 0 Å². The van der Waals surface area contributed by atoms with E-state index in [9.17, 15) is 9.59 Å². The molecule has 2 heterocycles. The van der Waals surface area contributed by atoms with Gasteiger partial charge in [0, 0.05) is 6.54 Å². The molecule has 1 aromatic rings. The van der Waals surface area contributed by atoms with E-state index in [0.29, 0.717) is 31.1 Å². The molecular formula is C10H16N6O3. The smallest absolute Gasteiger partial charge is 0.277 e. The molecule has 1 aliphatic heterocycles. The van der Waals surface area contributed by atoms with Crippen LogP contribution in [-0.4, -0.2) is 40.8 Å². The number of carbonyl (C=O) groups is 1. The number of nitrogens with zero attached hydrogens (tertiary/aromatic N) is 2. The average Bonchev–Trinajstić information content (AvgIpc) is 2.73. The summed E-state index contributed by atoms with van der Waals surface area (Å²) in [4.78, 5) is 30.8. The number of nitrogen functional groups attached to an aromatic ring is 1. The average molecular weight is 268 g/mol. The van der Waals surface area contributed by atoms with Crippen molar-refractivity contribution in [1.82, 2.24) is 9.97 Å². The Bertz CT molecular complexity index is 543. The zero-order chi connectivity index (χ0) is 14.0. The quantitative estimate of drug-likeness (QED) is 0.415. The van der Waals surface area contributed by atoms with Crippen molar-refractivity contribution in [2.45, 2.75) is 6.42 Å². The second-order valence-corrected chi connectivity index (χ2v) is 4.32. The van der Waals surface area contributed by atoms with Gasteiger partial charge in [0.1, 0.15) is 5.69 Å². The van der Waals surface area contributed by atoms with Gasteiger partial charge in [-0.05, 0) is 6.42 Å². The first kappa shape index (κ1) is 13.1. The standard InChI is InChI=1S/C10H16N6O3/c11-7(18)5(3-17)1-2-16-4-13-6-8(16)14-10(12)15-9(6)19/h5,13,17H,1-4H2,(H2,11,18)(H3,12,14,15,19). The lowest BCUT2D eigenvalue weighted by molar-refractivity contribution is -0.123. The second-order valence-electron chi connectivity index (χ2n) is 4.32. The third-order valence-electron chi connectivity index (χ3n) is 3.04. The number of nitrogens with one attached hydrogen (secondary N) is 2. The van der Waals surface area contributed by atoms with E-state index in [1.54, 1.807) is 4.90 Å². The molecule has 1 unspecified atom stereocenters. The molecule has 19 heavy (non-hydrogen) atoms. The van der Waals surface area contributed by atoms with Crippen molar-refractivity contribution in [1.29, 1.82) is 0 Å². The molecule has 9 nitrogen and oxygen atoms in total. The van der Waals surface area contributed by atoms with E-state index in [1.165, 1.54) is 0 Å². The summed E-state index contributed by atoms with van der Waals surface area (Å²) < 4.78 is 0. The first-order valence-electron chi connectivity index (χ1n) is 5.81. The van der Waals surface area contributed by atoms with Gasteiger partial charge in [-0.1, -0.05) is 0 Å². The number of hydrogen-bond acceptors (Lipinski definition) is 7. The molecule has 1 amide bonds. The molecule has 9 heteroatoms. The number of anilines is 3. The molecule has 1 atom stereocenters. The van der Waals surface area contributed by atoms with E-state index in [0.717, 1.165) is 0 Å². The lowest BCUT2D eigenvalue weighted by Gasteiger charge is -2.19. The number of hydrogen-bond donors (Lipinski definition) is 5. The maximum atomic E-state index is 11.6. The number of fused-ring (bicyclic) bond motifs is 1. The fourth-order valence-corrected chi connectivity index (χ4v) is 1.94. The minimum atomic E-state index is -0.608. The summed E-state index contributed by atoms with van der Waals surface area (Å²) in [7, 11) is 0. The van der Waals surface area contributed by atoms with Crippen LogP contribution in [0.1, 0.15) is 6.42 Å². The normalized spacial score (nSPS) is 14.9. The minimum Gasteiger partial charge on any atom is -0.396 e. The number of rotatable bonds is 5. The van der Waals surface area contributed by atoms with Gasteiger partial charge >= 0.3 is 0 Å². The molecule has 0 saturated carbocycles. The Morgan fingerprint density at radius 2 is 2.32 bits per heavy atom. The van der Waals surface area contributed by atoms with Crippen molar-refractivity contribution in [2.75, 3.05) is 35.8 Å². The Hall–Kier alpha value is -2.29. The van der Waals surface area contributed by atoms with Gasteiger partial charge in [0.2, 0.25) is 11.9 Å². The summed E-state index contributed by atoms with van der Waals surface area (Å²) >= 11 is 0. The van der Waals surface area contributed by atoms with Crippen molar-refractivity contribution in [3.8, 4) is 0 Å². The van der Waals surface area contributed by atoms with E-state index in [-0.39, 0.29) is 18.1 Å². The predicted octanol–water partition coefficient (Wildman–Crippen LogP) is -1.97. The van der Waals surface area contributed by atoms with Crippen LogP contribution in [0.15, 0.2) is 4.79 Å². The van der Waals surface area contributed by atoms with Crippen LogP contribution in [-0.2, 0) is 4.79 Å². The number of aliphatic hydroxyl groups is 1. The highest BCUT2D eigenvalue weighted by atomic mass is 16.3. The number of primary amides is 1. The van der Waals surface area contributed by atoms with Crippen LogP contribution in [0.2, 0.25) is 0 Å². The number of nitrogens with two attached hydrogens (primary N) is 2. The molecule has 0 spiro atoms. The van der Waals surface area contributed by atoms with Crippen LogP contribution in [0, 0.1) is 5.92 Å². The molecule has 0 fully saturated rings. The number of H-pyrrole nitrogens is 1. The van der Waals surface area contributed by atoms with Gasteiger partial charge in [-0.15, -0.1) is 0 Å². The van der Waals surface area contributed by atoms with E-state index < -0.39 is 11.8 Å². The molecule has 2 rings (SSSR count). The Kier molecular flexibility index (Phi) is 3.56. The highest BCUT2D eigenvalue weighted by Gasteiger charge is 2.25. The van der Waals surface area contributed by atoms with Crippen LogP contribution >= 0.6 is 0 Å². The summed E-state index contributed by atoms with van der Waals surface area (Å²) in [6.07, 6.45) is 0.376. The van der Waals surface area contributed by atoms with Gasteiger partial charge in [0.25, 0.3) is 5.56 Å². The highest BCUT2D eigenvalue weighted by Crippen LogP contribution is 2.25. The molecule has 1 aromatic heterocycles. The van der Waals surface area contributed by atoms with Crippen LogP contribution in [0.25, 0.3) is 0 Å². The Labute approximate surface area is 108 Å². The fourth-order valence-electron chi connectivity index (χ4n) is 1.94. The largest absolute Gasteiger partial charge is 0.396 e. The van der Waals surface area contributed by atoms with Crippen molar-refractivity contribution in [2.24, 2.45) is 11.7 Å². The van der Waals surface area contributed by atoms with Crippen molar-refractivity contribution >= 4 is 23.4 Å². The predicted molar refractivity (Wildman–Crippen MR) is 69.5 cm³/mol. The van der Waals surface area contributed by atoms with Crippen LogP contribution in [0.4, 0.5) is 17.5 Å². The van der Waals surface area contributed by atoms with Crippen molar-refractivity contribution in [3.05, 3.63) is 10.4 Å². The zero-order valence-electron chi connectivity index (χ0n) is 10.2. The summed E-state index contributed by atoms with van der Waals surface area (Å²) in [6.45, 7) is 0.532. The van der Waals surface area contributed by atoms with E-state index in [4.69, 9.17) is 16.6 Å². The molecule has 0 bridgehead atoms. The zero-order valence-corrected chi connectivity index (χ0v) is 10.2. The third-order valence-corrected chi connectivity index (χ3v) is 3.04. The van der Waals surface area contributed by atoms with E-state index >= 15 is 0 Å². The number of carbonyl (C=O) groups excluding carboxylic acids is 1. The maximum absolute atomic E-state index is 11.6. The Balaban J connectivity index is 2.11. The minimum absolute atomic E-state index is 0.0334. The van der Waals surface area contributed by atoms with Crippen LogP contribution in [0.5, 0.6) is 0 Å². The first-order chi connectivity index (χ1) is 9.02. The lowest BCUT2D eigenvalue weighted by atomic mass is 10.1. The molecule has 7 N–H and O–H groups in total. The molecular weight excluding hydrogens is 252 g/mol. The van der Waals surface area contributed by atoms with Gasteiger partial charge in [-0.25, -0.2) is 0 Å². The van der Waals surface area contributed by atoms with Gasteiger partial charge in [0.15, 0.2) is 5.82 Å². The second kappa shape index (κ2) is 5.14. The van der Waals surface area contributed by atoms with Crippen molar-refractivity contribution < 1.29 is 9.90 Å². The van der Waals surface area contributed by atoms with Crippen LogP contribution < -0.4 is 27.2 Å². The van der Waals surface area contributed by atoms with Gasteiger partial charge in [-0.3, -0.25) is 14.6 Å². The monoisotopic (exact) mass is 268 g/mol. The molecule has 0 saturated heterocycles. The van der Waals surface area contributed by atoms with Crippen LogP contribution in [0.3, 0.4) is 0 Å². The fraction of sp³-hybridized carbons (Fsp3) is 0.500. The van der Waals surface area contributed by atoms with E-state index in [2.05, 4.69) is 15.3 Å². The molecule has 104 valence electrons. The van der Waals surface area contributed by atoms with Gasteiger partial charge < -0.3 is 26.8 Å². The lowest BCUT2D eigenvalue weighted by Crippen LogP contribution is -2.32. The molecule has 0 aromatic carbocycles. The molecule has 1 aliphatic rings.